The molecule has 4 heteroatoms. The van der Waals surface area contributed by atoms with Gasteiger partial charge in [-0.2, -0.15) is 4.98 Å². The van der Waals surface area contributed by atoms with E-state index in [2.05, 4.69) is 4.98 Å². The van der Waals surface area contributed by atoms with Crippen molar-refractivity contribution in [1.82, 2.24) is 4.98 Å². The summed E-state index contributed by atoms with van der Waals surface area (Å²) < 4.78 is 5.39. The van der Waals surface area contributed by atoms with Crippen LogP contribution in [0.5, 0.6) is 0 Å². The van der Waals surface area contributed by atoms with Gasteiger partial charge in [0.25, 0.3) is 6.01 Å². The fraction of sp³-hybridized carbons (Fsp3) is 0.625. The molecule has 0 spiro atoms. The number of nitrogens with two attached hydrogens (primary N) is 1. The monoisotopic (exact) mass is 169 g/mol. The third kappa shape index (κ3) is 1.76. The first kappa shape index (κ1) is 9.06. The summed E-state index contributed by atoms with van der Waals surface area (Å²) in [6.07, 6.45) is 0. The van der Waals surface area contributed by atoms with Gasteiger partial charge in [0.05, 0.1) is 5.69 Å². The van der Waals surface area contributed by atoms with E-state index in [4.69, 9.17) is 10.2 Å². The molecule has 0 saturated heterocycles. The zero-order valence-corrected chi connectivity index (χ0v) is 7.79. The maximum absolute atomic E-state index is 5.40. The fourth-order valence-electron chi connectivity index (χ4n) is 0.908. The van der Waals surface area contributed by atoms with E-state index in [1.807, 2.05) is 25.8 Å². The molecule has 0 fully saturated rings. The molecule has 0 aromatic carbocycles. The summed E-state index contributed by atoms with van der Waals surface area (Å²) >= 11 is 0. The number of rotatable bonds is 3. The Hall–Kier alpha value is -1.03. The van der Waals surface area contributed by atoms with Crippen LogP contribution >= 0.6 is 0 Å². The van der Waals surface area contributed by atoms with Gasteiger partial charge in [-0.05, 0) is 13.8 Å². The Morgan fingerprint density at radius 2 is 2.17 bits per heavy atom. The third-order valence-corrected chi connectivity index (χ3v) is 1.81. The number of aromatic nitrogens is 1. The van der Waals surface area contributed by atoms with Crippen molar-refractivity contribution in [3.63, 3.8) is 0 Å². The zero-order chi connectivity index (χ0) is 9.14. The fourth-order valence-corrected chi connectivity index (χ4v) is 0.908. The van der Waals surface area contributed by atoms with Crippen molar-refractivity contribution in [2.75, 3.05) is 25.0 Å². The molecule has 1 rings (SSSR count). The predicted molar refractivity (Wildman–Crippen MR) is 48.3 cm³/mol. The second kappa shape index (κ2) is 3.58. The van der Waals surface area contributed by atoms with Gasteiger partial charge in [-0.1, -0.05) is 0 Å². The van der Waals surface area contributed by atoms with E-state index in [-0.39, 0.29) is 0 Å². The molecule has 0 atom stereocenters. The summed E-state index contributed by atoms with van der Waals surface area (Å²) in [6, 6.07) is 0.649. The number of oxazole rings is 1. The number of hydrogen-bond acceptors (Lipinski definition) is 4. The summed E-state index contributed by atoms with van der Waals surface area (Å²) in [5.41, 5.74) is 6.34. The minimum atomic E-state index is 0.608. The molecule has 1 aromatic heterocycles. The lowest BCUT2D eigenvalue weighted by atomic mass is 10.4. The van der Waals surface area contributed by atoms with E-state index < -0.39 is 0 Å². The van der Waals surface area contributed by atoms with Gasteiger partial charge < -0.3 is 15.1 Å². The molecule has 68 valence electrons. The lowest BCUT2D eigenvalue weighted by Crippen LogP contribution is -2.25. The highest BCUT2D eigenvalue weighted by molar-refractivity contribution is 5.27. The predicted octanol–water partition coefficient (Wildman–Crippen LogP) is 0.686. The highest BCUT2D eigenvalue weighted by atomic mass is 16.4. The van der Waals surface area contributed by atoms with Crippen LogP contribution in [0.1, 0.15) is 11.5 Å². The number of aryl methyl sites for hydroxylation is 2. The molecule has 1 heterocycles. The Kier molecular flexibility index (Phi) is 2.70. The first-order valence-corrected chi connectivity index (χ1v) is 4.00. The Labute approximate surface area is 72.4 Å². The van der Waals surface area contributed by atoms with Crippen molar-refractivity contribution in [2.45, 2.75) is 13.8 Å². The lowest BCUT2D eigenvalue weighted by molar-refractivity contribution is 0.518. The Morgan fingerprint density at radius 1 is 1.50 bits per heavy atom. The highest BCUT2D eigenvalue weighted by Crippen LogP contribution is 2.15. The number of likely N-dealkylation sites (N-methyl/N-ethyl adjacent to an activating group) is 1. The maximum Gasteiger partial charge on any atom is 0.297 e. The van der Waals surface area contributed by atoms with Crippen molar-refractivity contribution in [3.8, 4) is 0 Å². The van der Waals surface area contributed by atoms with Crippen molar-refractivity contribution in [2.24, 2.45) is 5.73 Å². The van der Waals surface area contributed by atoms with Crippen LogP contribution in [0.4, 0.5) is 6.01 Å². The van der Waals surface area contributed by atoms with Gasteiger partial charge in [0, 0.05) is 20.1 Å². The van der Waals surface area contributed by atoms with E-state index in [1.165, 1.54) is 0 Å². The quantitative estimate of drug-likeness (QED) is 0.723. The highest BCUT2D eigenvalue weighted by Gasteiger charge is 2.08. The SMILES string of the molecule is Cc1nc(N(C)CCN)oc1C. The molecule has 0 unspecified atom stereocenters. The summed E-state index contributed by atoms with van der Waals surface area (Å²) in [7, 11) is 1.91. The number of anilines is 1. The first-order chi connectivity index (χ1) is 5.65. The van der Waals surface area contributed by atoms with E-state index in [0.29, 0.717) is 12.6 Å². The van der Waals surface area contributed by atoms with Crippen LogP contribution in [0.2, 0.25) is 0 Å². The van der Waals surface area contributed by atoms with E-state index in [0.717, 1.165) is 18.0 Å². The molecule has 0 aliphatic rings. The average molecular weight is 169 g/mol. The van der Waals surface area contributed by atoms with Crippen LogP contribution in [0, 0.1) is 13.8 Å². The second-order valence-corrected chi connectivity index (χ2v) is 2.85. The van der Waals surface area contributed by atoms with Gasteiger partial charge in [0.15, 0.2) is 0 Å². The van der Waals surface area contributed by atoms with Gasteiger partial charge in [0.1, 0.15) is 5.76 Å². The summed E-state index contributed by atoms with van der Waals surface area (Å²) in [6.45, 7) is 5.21. The van der Waals surface area contributed by atoms with E-state index in [9.17, 15) is 0 Å². The number of hydrogen-bond donors (Lipinski definition) is 1. The van der Waals surface area contributed by atoms with Crippen molar-refractivity contribution < 1.29 is 4.42 Å². The van der Waals surface area contributed by atoms with Crippen LogP contribution in [0.25, 0.3) is 0 Å². The van der Waals surface area contributed by atoms with Crippen molar-refractivity contribution in [1.29, 1.82) is 0 Å². The third-order valence-electron chi connectivity index (χ3n) is 1.81. The normalized spacial score (nSPS) is 10.3. The molecular weight excluding hydrogens is 154 g/mol. The molecular formula is C8H15N3O. The maximum atomic E-state index is 5.40. The molecule has 2 N–H and O–H groups in total. The molecule has 0 amide bonds. The minimum Gasteiger partial charge on any atom is -0.429 e. The van der Waals surface area contributed by atoms with Crippen LogP contribution in [0.15, 0.2) is 4.42 Å². The van der Waals surface area contributed by atoms with Gasteiger partial charge in [-0.15, -0.1) is 0 Å². The Morgan fingerprint density at radius 3 is 2.58 bits per heavy atom. The first-order valence-electron chi connectivity index (χ1n) is 4.00. The molecule has 0 aliphatic carbocycles. The Balaban J connectivity index is 2.74. The van der Waals surface area contributed by atoms with E-state index >= 15 is 0 Å². The largest absolute Gasteiger partial charge is 0.429 e. The number of nitrogens with zero attached hydrogens (tertiary/aromatic N) is 2. The van der Waals surface area contributed by atoms with Gasteiger partial charge in [0.2, 0.25) is 0 Å². The summed E-state index contributed by atoms with van der Waals surface area (Å²) in [4.78, 5) is 6.14. The zero-order valence-electron chi connectivity index (χ0n) is 7.79. The Bertz CT molecular complexity index is 237. The van der Waals surface area contributed by atoms with Crippen LogP contribution < -0.4 is 10.6 Å². The molecule has 0 aliphatic heterocycles. The van der Waals surface area contributed by atoms with Crippen molar-refractivity contribution >= 4 is 6.01 Å². The average Bonchev–Trinajstić information content (AvgIpc) is 2.33. The molecule has 0 bridgehead atoms. The van der Waals surface area contributed by atoms with E-state index in [1.54, 1.807) is 0 Å². The van der Waals surface area contributed by atoms with Crippen LogP contribution in [-0.2, 0) is 0 Å². The van der Waals surface area contributed by atoms with Gasteiger partial charge >= 0.3 is 0 Å². The molecule has 12 heavy (non-hydrogen) atoms. The van der Waals surface area contributed by atoms with Gasteiger partial charge in [-0.25, -0.2) is 0 Å². The van der Waals surface area contributed by atoms with Crippen molar-refractivity contribution in [3.05, 3.63) is 11.5 Å². The lowest BCUT2D eigenvalue weighted by Gasteiger charge is -2.11. The molecule has 4 nitrogen and oxygen atoms in total. The smallest absolute Gasteiger partial charge is 0.297 e. The second-order valence-electron chi connectivity index (χ2n) is 2.85. The minimum absolute atomic E-state index is 0.608. The molecule has 0 radical (unpaired) electrons. The van der Waals surface area contributed by atoms with Gasteiger partial charge in [-0.3, -0.25) is 0 Å². The van der Waals surface area contributed by atoms with Crippen LogP contribution in [-0.4, -0.2) is 25.1 Å². The topological polar surface area (TPSA) is 55.3 Å². The molecule has 1 aromatic rings. The summed E-state index contributed by atoms with van der Waals surface area (Å²) in [5.74, 6) is 0.869. The van der Waals surface area contributed by atoms with Crippen LogP contribution in [0.3, 0.4) is 0 Å². The standard InChI is InChI=1S/C8H15N3O/c1-6-7(2)12-8(10-6)11(3)5-4-9/h4-5,9H2,1-3H3. The molecule has 0 saturated carbocycles. The summed E-state index contributed by atoms with van der Waals surface area (Å²) in [5, 5.41) is 0.